The molecular weight excluding hydrogens is 275 g/mol. The van der Waals surface area contributed by atoms with Crippen LogP contribution in [0, 0.1) is 5.82 Å². The van der Waals surface area contributed by atoms with Crippen LogP contribution in [-0.4, -0.2) is 43.6 Å². The first-order valence-electron chi connectivity index (χ1n) is 5.53. The summed E-state index contributed by atoms with van der Waals surface area (Å²) in [6.07, 6.45) is 0. The summed E-state index contributed by atoms with van der Waals surface area (Å²) in [6.45, 7) is 1.48. The molecule has 0 aromatic heterocycles. The molecule has 1 aliphatic rings. The third-order valence-corrected chi connectivity index (χ3v) is 4.69. The number of aliphatic hydroxyl groups is 1. The first-order valence-corrected chi connectivity index (χ1v) is 6.97. The van der Waals surface area contributed by atoms with Crippen LogP contribution in [0.4, 0.5) is 10.1 Å². The number of nitrogens with zero attached hydrogens (tertiary/aromatic N) is 1. The molecule has 106 valence electrons. The average Bonchev–Trinajstić information content (AvgIpc) is 2.25. The van der Waals surface area contributed by atoms with Crippen LogP contribution in [0.2, 0.25) is 0 Å². The van der Waals surface area contributed by atoms with E-state index in [0.29, 0.717) is 0 Å². The van der Waals surface area contributed by atoms with Crippen molar-refractivity contribution < 1.29 is 22.7 Å². The summed E-state index contributed by atoms with van der Waals surface area (Å²) in [5, 5.41) is 9.56. The average molecular weight is 290 g/mol. The second-order valence-electron chi connectivity index (χ2n) is 4.80. The van der Waals surface area contributed by atoms with Gasteiger partial charge in [-0.25, -0.2) is 12.8 Å². The molecule has 19 heavy (non-hydrogen) atoms. The van der Waals surface area contributed by atoms with Gasteiger partial charge >= 0.3 is 0 Å². The van der Waals surface area contributed by atoms with Crippen molar-refractivity contribution in [2.24, 2.45) is 0 Å². The zero-order valence-electron chi connectivity index (χ0n) is 10.6. The molecule has 1 fully saturated rings. The summed E-state index contributed by atoms with van der Waals surface area (Å²) in [5.41, 5.74) is 4.42. The van der Waals surface area contributed by atoms with E-state index in [-0.39, 0.29) is 29.4 Å². The number of ether oxygens (including phenoxy) is 1. The van der Waals surface area contributed by atoms with Gasteiger partial charge in [-0.15, -0.1) is 0 Å². The Morgan fingerprint density at radius 3 is 2.47 bits per heavy atom. The third-order valence-electron chi connectivity index (χ3n) is 2.92. The monoisotopic (exact) mass is 290 g/mol. The van der Waals surface area contributed by atoms with Gasteiger partial charge in [-0.1, -0.05) is 0 Å². The summed E-state index contributed by atoms with van der Waals surface area (Å²) < 4.78 is 43.7. The van der Waals surface area contributed by atoms with Crippen LogP contribution in [0.15, 0.2) is 17.0 Å². The Morgan fingerprint density at radius 1 is 1.47 bits per heavy atom. The zero-order valence-corrected chi connectivity index (χ0v) is 11.4. The van der Waals surface area contributed by atoms with E-state index in [0.717, 1.165) is 16.4 Å². The van der Waals surface area contributed by atoms with Gasteiger partial charge < -0.3 is 15.6 Å². The number of β-amino-alcohol motifs (C(OH)–C–C–N with tert-alkyl or cyclic N) is 1. The Hall–Kier alpha value is -1.38. The summed E-state index contributed by atoms with van der Waals surface area (Å²) in [7, 11) is -2.60. The maximum Gasteiger partial charge on any atom is 0.243 e. The number of anilines is 1. The van der Waals surface area contributed by atoms with Gasteiger partial charge in [0, 0.05) is 13.1 Å². The summed E-state index contributed by atoms with van der Waals surface area (Å²) in [4.78, 5) is -0.251. The molecule has 1 aromatic rings. The number of methoxy groups -OCH3 is 1. The molecule has 3 N–H and O–H groups in total. The maximum atomic E-state index is 13.6. The lowest BCUT2D eigenvalue weighted by atomic mass is 10.0. The number of halogens is 1. The van der Waals surface area contributed by atoms with E-state index in [1.54, 1.807) is 0 Å². The van der Waals surface area contributed by atoms with Crippen LogP contribution in [0.25, 0.3) is 0 Å². The molecular formula is C11H15FN2O4S. The van der Waals surface area contributed by atoms with Crippen molar-refractivity contribution in [1.29, 1.82) is 0 Å². The van der Waals surface area contributed by atoms with Gasteiger partial charge in [-0.05, 0) is 19.1 Å². The zero-order chi connectivity index (χ0) is 14.4. The van der Waals surface area contributed by atoms with E-state index >= 15 is 0 Å². The van der Waals surface area contributed by atoms with Crippen molar-refractivity contribution in [3.63, 3.8) is 0 Å². The lowest BCUT2D eigenvalue weighted by Gasteiger charge is -2.42. The van der Waals surface area contributed by atoms with Gasteiger partial charge in [0.05, 0.1) is 23.3 Å². The Kier molecular flexibility index (Phi) is 3.20. The molecule has 0 amide bonds. The number of nitrogen functional groups attached to an aromatic ring is 1. The van der Waals surface area contributed by atoms with Crippen LogP contribution in [0.5, 0.6) is 5.75 Å². The van der Waals surface area contributed by atoms with Gasteiger partial charge in [0.1, 0.15) is 0 Å². The highest BCUT2D eigenvalue weighted by Gasteiger charge is 2.44. The molecule has 0 unspecified atom stereocenters. The van der Waals surface area contributed by atoms with Gasteiger partial charge in [0.25, 0.3) is 0 Å². The normalized spacial score (nSPS) is 18.9. The highest BCUT2D eigenvalue weighted by Crippen LogP contribution is 2.32. The predicted octanol–water partition coefficient (Wildman–Crippen LogP) is 0.172. The van der Waals surface area contributed by atoms with Crippen molar-refractivity contribution in [3.05, 3.63) is 17.9 Å². The lowest BCUT2D eigenvalue weighted by molar-refractivity contribution is -0.0426. The first-order chi connectivity index (χ1) is 8.67. The number of rotatable bonds is 3. The number of nitrogens with two attached hydrogens (primary N) is 1. The molecule has 6 nitrogen and oxygen atoms in total. The topological polar surface area (TPSA) is 92.9 Å². The smallest absolute Gasteiger partial charge is 0.243 e. The van der Waals surface area contributed by atoms with Crippen LogP contribution in [0.1, 0.15) is 6.92 Å². The minimum Gasteiger partial charge on any atom is -0.492 e. The molecule has 0 atom stereocenters. The lowest BCUT2D eigenvalue weighted by Crippen LogP contribution is -2.61. The fraction of sp³-hybridized carbons (Fsp3) is 0.455. The summed E-state index contributed by atoms with van der Waals surface area (Å²) >= 11 is 0. The Bertz CT molecular complexity index is 584. The summed E-state index contributed by atoms with van der Waals surface area (Å²) in [5.74, 6) is -1.03. The number of benzene rings is 1. The fourth-order valence-electron chi connectivity index (χ4n) is 1.99. The quantitative estimate of drug-likeness (QED) is 0.774. The van der Waals surface area contributed by atoms with Crippen molar-refractivity contribution in [1.82, 2.24) is 4.31 Å². The van der Waals surface area contributed by atoms with E-state index in [1.165, 1.54) is 14.0 Å². The summed E-state index contributed by atoms with van der Waals surface area (Å²) in [6, 6.07) is 2.00. The largest absolute Gasteiger partial charge is 0.492 e. The molecule has 8 heteroatoms. The number of hydrogen-bond donors (Lipinski definition) is 2. The SMILES string of the molecule is COc1c(N)cc(S(=O)(=O)N2CC(C)(O)C2)cc1F. The van der Waals surface area contributed by atoms with Crippen molar-refractivity contribution in [2.45, 2.75) is 17.4 Å². The molecule has 0 aliphatic carbocycles. The first kappa shape index (κ1) is 14.0. The van der Waals surface area contributed by atoms with Crippen molar-refractivity contribution in [3.8, 4) is 5.75 Å². The number of sulfonamides is 1. The Balaban J connectivity index is 2.37. The van der Waals surface area contributed by atoms with Crippen molar-refractivity contribution in [2.75, 3.05) is 25.9 Å². The molecule has 0 saturated carbocycles. The van der Waals surface area contributed by atoms with Gasteiger partial charge in [-0.3, -0.25) is 0 Å². The maximum absolute atomic E-state index is 13.6. The van der Waals surface area contributed by atoms with Gasteiger partial charge in [0.15, 0.2) is 11.6 Å². The molecule has 0 spiro atoms. The van der Waals surface area contributed by atoms with Crippen LogP contribution in [0.3, 0.4) is 0 Å². The van der Waals surface area contributed by atoms with Crippen LogP contribution < -0.4 is 10.5 Å². The molecule has 2 rings (SSSR count). The minimum atomic E-state index is -3.85. The molecule has 0 radical (unpaired) electrons. The van der Waals surface area contributed by atoms with Crippen LogP contribution >= 0.6 is 0 Å². The second kappa shape index (κ2) is 4.32. The molecule has 1 aromatic carbocycles. The van der Waals surface area contributed by atoms with Crippen molar-refractivity contribution >= 4 is 15.7 Å². The highest BCUT2D eigenvalue weighted by molar-refractivity contribution is 7.89. The fourth-order valence-corrected chi connectivity index (χ4v) is 3.71. The minimum absolute atomic E-state index is 0.0249. The van der Waals surface area contributed by atoms with E-state index in [2.05, 4.69) is 0 Å². The van der Waals surface area contributed by atoms with Gasteiger partial charge in [-0.2, -0.15) is 4.31 Å². The second-order valence-corrected chi connectivity index (χ2v) is 6.74. The number of hydrogen-bond acceptors (Lipinski definition) is 5. The molecule has 1 aliphatic heterocycles. The highest BCUT2D eigenvalue weighted by atomic mass is 32.2. The molecule has 1 heterocycles. The standard InChI is InChI=1S/C11H15FN2O4S/c1-11(15)5-14(6-11)19(16,17)7-3-8(12)10(18-2)9(13)4-7/h3-4,15H,5-6,13H2,1-2H3. The van der Waals surface area contributed by atoms with E-state index in [4.69, 9.17) is 10.5 Å². The third kappa shape index (κ3) is 2.38. The Morgan fingerprint density at radius 2 is 2.05 bits per heavy atom. The van der Waals surface area contributed by atoms with E-state index < -0.39 is 21.4 Å². The predicted molar refractivity (Wildman–Crippen MR) is 66.7 cm³/mol. The van der Waals surface area contributed by atoms with E-state index in [9.17, 15) is 17.9 Å². The van der Waals surface area contributed by atoms with Crippen LogP contribution in [-0.2, 0) is 10.0 Å². The van der Waals surface area contributed by atoms with Gasteiger partial charge in [0.2, 0.25) is 10.0 Å². The van der Waals surface area contributed by atoms with E-state index in [1.807, 2.05) is 0 Å². The molecule has 0 bridgehead atoms. The molecule has 1 saturated heterocycles. The Labute approximate surface area is 110 Å².